The summed E-state index contributed by atoms with van der Waals surface area (Å²) in [6, 6.07) is 8.70. The number of rotatable bonds is 4. The van der Waals surface area contributed by atoms with Gasteiger partial charge in [-0.3, -0.25) is 9.59 Å². The fraction of sp³-hybridized carbons (Fsp3) is 0.429. The largest absolute Gasteiger partial charge is 0.481 e. The zero-order valence-corrected chi connectivity index (χ0v) is 10.8. The number of aliphatic carboxylic acids is 1. The average molecular weight is 250 g/mol. The molecule has 0 radical (unpaired) electrons. The van der Waals surface area contributed by atoms with Crippen molar-refractivity contribution in [2.75, 3.05) is 0 Å². The van der Waals surface area contributed by atoms with Crippen LogP contribution in [0.1, 0.15) is 38.7 Å². The summed E-state index contributed by atoms with van der Waals surface area (Å²) in [4.78, 5) is 22.9. The lowest BCUT2D eigenvalue weighted by atomic mass is 9.96. The van der Waals surface area contributed by atoms with Crippen molar-refractivity contribution in [3.8, 4) is 0 Å². The van der Waals surface area contributed by atoms with Crippen molar-refractivity contribution in [3.05, 3.63) is 35.9 Å². The number of hydrogen-bond acceptors (Lipinski definition) is 3. The van der Waals surface area contributed by atoms with Crippen LogP contribution in [0.25, 0.3) is 0 Å². The van der Waals surface area contributed by atoms with Crippen molar-refractivity contribution < 1.29 is 19.4 Å². The Morgan fingerprint density at radius 1 is 1.22 bits per heavy atom. The molecule has 0 spiro atoms. The summed E-state index contributed by atoms with van der Waals surface area (Å²) in [5.74, 6) is -2.38. The van der Waals surface area contributed by atoms with E-state index in [1.807, 2.05) is 0 Å². The number of ether oxygens (including phenoxy) is 1. The second-order valence-corrected chi connectivity index (χ2v) is 5.09. The molecule has 1 rings (SSSR count). The van der Waals surface area contributed by atoms with Crippen molar-refractivity contribution in [1.29, 1.82) is 0 Å². The number of esters is 1. The Labute approximate surface area is 107 Å². The molecule has 4 nitrogen and oxygen atoms in total. The molecule has 0 bridgehead atoms. The van der Waals surface area contributed by atoms with Gasteiger partial charge in [0.2, 0.25) is 0 Å². The molecule has 0 fully saturated rings. The van der Waals surface area contributed by atoms with Gasteiger partial charge in [-0.15, -0.1) is 0 Å². The maximum absolute atomic E-state index is 11.7. The Balaban J connectivity index is 2.77. The Bertz CT molecular complexity index is 417. The summed E-state index contributed by atoms with van der Waals surface area (Å²) in [7, 11) is 0. The first-order chi connectivity index (χ1) is 8.29. The Kier molecular flexibility index (Phi) is 4.48. The Hall–Kier alpha value is -1.84. The minimum atomic E-state index is -1.02. The third kappa shape index (κ3) is 4.57. The molecule has 18 heavy (non-hydrogen) atoms. The number of carbonyl (C=O) groups excluding carboxylic acids is 1. The first-order valence-electron chi connectivity index (χ1n) is 5.79. The molecule has 1 N–H and O–H groups in total. The summed E-state index contributed by atoms with van der Waals surface area (Å²) < 4.78 is 5.14. The fourth-order valence-electron chi connectivity index (χ4n) is 1.58. The quantitative estimate of drug-likeness (QED) is 0.834. The molecule has 4 heteroatoms. The molecular weight excluding hydrogens is 232 g/mol. The van der Waals surface area contributed by atoms with Gasteiger partial charge in [0.1, 0.15) is 5.60 Å². The van der Waals surface area contributed by atoms with Crippen LogP contribution in [-0.4, -0.2) is 22.6 Å². The van der Waals surface area contributed by atoms with Gasteiger partial charge in [0.15, 0.2) is 0 Å². The van der Waals surface area contributed by atoms with Gasteiger partial charge < -0.3 is 9.84 Å². The van der Waals surface area contributed by atoms with E-state index < -0.39 is 23.5 Å². The first-order valence-corrected chi connectivity index (χ1v) is 5.79. The molecule has 1 atom stereocenters. The summed E-state index contributed by atoms with van der Waals surface area (Å²) in [6.45, 7) is 5.26. The van der Waals surface area contributed by atoms with Crippen LogP contribution < -0.4 is 0 Å². The highest BCUT2D eigenvalue weighted by atomic mass is 16.6. The molecule has 1 aromatic carbocycles. The van der Waals surface area contributed by atoms with Crippen LogP contribution in [0.2, 0.25) is 0 Å². The number of carboxylic acid groups (broad SMARTS) is 1. The second kappa shape index (κ2) is 5.67. The van der Waals surface area contributed by atoms with E-state index in [1.54, 1.807) is 51.1 Å². The maximum atomic E-state index is 11.7. The molecule has 0 aliphatic heterocycles. The standard InChI is InChI=1S/C14H18O4/c1-14(2,3)18-12(15)9-11(13(16)17)10-7-5-4-6-8-10/h4-8,11H,9H2,1-3H3,(H,16,17). The van der Waals surface area contributed by atoms with Crippen molar-refractivity contribution in [3.63, 3.8) is 0 Å². The van der Waals surface area contributed by atoms with Gasteiger partial charge in [0.05, 0.1) is 12.3 Å². The van der Waals surface area contributed by atoms with E-state index in [4.69, 9.17) is 9.84 Å². The molecule has 98 valence electrons. The first kappa shape index (κ1) is 14.2. The van der Waals surface area contributed by atoms with E-state index in [1.165, 1.54) is 0 Å². The summed E-state index contributed by atoms with van der Waals surface area (Å²) in [5.41, 5.74) is 0.00690. The van der Waals surface area contributed by atoms with E-state index in [0.29, 0.717) is 5.56 Å². The smallest absolute Gasteiger partial charge is 0.311 e. The number of carboxylic acids is 1. The van der Waals surface area contributed by atoms with Crippen LogP contribution >= 0.6 is 0 Å². The van der Waals surface area contributed by atoms with Crippen molar-refractivity contribution in [1.82, 2.24) is 0 Å². The van der Waals surface area contributed by atoms with Gasteiger partial charge in [0, 0.05) is 0 Å². The minimum Gasteiger partial charge on any atom is -0.481 e. The van der Waals surface area contributed by atoms with Gasteiger partial charge in [-0.05, 0) is 26.3 Å². The average Bonchev–Trinajstić information content (AvgIpc) is 2.24. The van der Waals surface area contributed by atoms with Crippen LogP contribution in [0.5, 0.6) is 0 Å². The molecule has 0 saturated carbocycles. The number of hydrogen-bond donors (Lipinski definition) is 1. The fourth-order valence-corrected chi connectivity index (χ4v) is 1.58. The lowest BCUT2D eigenvalue weighted by Gasteiger charge is -2.21. The van der Waals surface area contributed by atoms with Crippen molar-refractivity contribution >= 4 is 11.9 Å². The third-order valence-electron chi connectivity index (χ3n) is 2.29. The SMILES string of the molecule is CC(C)(C)OC(=O)CC(C(=O)O)c1ccccc1. The molecule has 0 saturated heterocycles. The Morgan fingerprint density at radius 3 is 2.22 bits per heavy atom. The van der Waals surface area contributed by atoms with Crippen LogP contribution in [0.4, 0.5) is 0 Å². The number of benzene rings is 1. The van der Waals surface area contributed by atoms with E-state index in [0.717, 1.165) is 0 Å². The summed E-state index contributed by atoms with van der Waals surface area (Å²) >= 11 is 0. The van der Waals surface area contributed by atoms with Crippen LogP contribution in [0.3, 0.4) is 0 Å². The summed E-state index contributed by atoms with van der Waals surface area (Å²) in [6.07, 6.45) is -0.156. The predicted octanol–water partition coefficient (Wildman–Crippen LogP) is 2.59. The lowest BCUT2D eigenvalue weighted by molar-refractivity contribution is -0.158. The molecule has 1 aromatic rings. The highest BCUT2D eigenvalue weighted by Gasteiger charge is 2.26. The van der Waals surface area contributed by atoms with Crippen LogP contribution in [0.15, 0.2) is 30.3 Å². The van der Waals surface area contributed by atoms with Gasteiger partial charge in [-0.25, -0.2) is 0 Å². The molecular formula is C14H18O4. The van der Waals surface area contributed by atoms with Gasteiger partial charge in [0.25, 0.3) is 0 Å². The maximum Gasteiger partial charge on any atom is 0.311 e. The van der Waals surface area contributed by atoms with E-state index >= 15 is 0 Å². The van der Waals surface area contributed by atoms with Crippen molar-refractivity contribution in [2.45, 2.75) is 38.7 Å². The minimum absolute atomic E-state index is 0.156. The lowest BCUT2D eigenvalue weighted by Crippen LogP contribution is -2.26. The monoisotopic (exact) mass is 250 g/mol. The summed E-state index contributed by atoms with van der Waals surface area (Å²) in [5, 5.41) is 9.17. The van der Waals surface area contributed by atoms with Crippen LogP contribution in [0, 0.1) is 0 Å². The zero-order chi connectivity index (χ0) is 13.8. The molecule has 1 unspecified atom stereocenters. The molecule has 0 aliphatic carbocycles. The molecule has 0 heterocycles. The third-order valence-corrected chi connectivity index (χ3v) is 2.29. The van der Waals surface area contributed by atoms with E-state index in [2.05, 4.69) is 0 Å². The molecule has 0 amide bonds. The van der Waals surface area contributed by atoms with Gasteiger partial charge in [-0.1, -0.05) is 30.3 Å². The number of carbonyl (C=O) groups is 2. The van der Waals surface area contributed by atoms with E-state index in [9.17, 15) is 9.59 Å². The molecule has 0 aliphatic rings. The van der Waals surface area contributed by atoms with Gasteiger partial charge in [-0.2, -0.15) is 0 Å². The predicted molar refractivity (Wildman–Crippen MR) is 67.3 cm³/mol. The molecule has 0 aromatic heterocycles. The van der Waals surface area contributed by atoms with Gasteiger partial charge >= 0.3 is 11.9 Å². The van der Waals surface area contributed by atoms with E-state index in [-0.39, 0.29) is 6.42 Å². The van der Waals surface area contributed by atoms with Crippen LogP contribution in [-0.2, 0) is 14.3 Å². The highest BCUT2D eigenvalue weighted by Crippen LogP contribution is 2.21. The topological polar surface area (TPSA) is 63.6 Å². The highest BCUT2D eigenvalue weighted by molar-refractivity contribution is 5.83. The normalized spacial score (nSPS) is 12.8. The zero-order valence-electron chi connectivity index (χ0n) is 10.8. The van der Waals surface area contributed by atoms with Crippen molar-refractivity contribution in [2.24, 2.45) is 0 Å². The second-order valence-electron chi connectivity index (χ2n) is 5.09. The Morgan fingerprint density at radius 2 is 1.78 bits per heavy atom.